The fourth-order valence-electron chi connectivity index (χ4n) is 2.77. The number of piperidine rings is 1. The van der Waals surface area contributed by atoms with E-state index in [0.717, 1.165) is 45.4 Å². The van der Waals surface area contributed by atoms with Gasteiger partial charge in [-0.2, -0.15) is 0 Å². The van der Waals surface area contributed by atoms with Crippen LogP contribution in [0.15, 0.2) is 0 Å². The highest BCUT2D eigenvalue weighted by Gasteiger charge is 2.31. The predicted molar refractivity (Wildman–Crippen MR) is 64.1 cm³/mol. The van der Waals surface area contributed by atoms with Gasteiger partial charge in [0, 0.05) is 31.6 Å². The number of hydrogen-bond donors (Lipinski definition) is 1. The van der Waals surface area contributed by atoms with Crippen LogP contribution in [0, 0.1) is 0 Å². The Morgan fingerprint density at radius 3 is 2.56 bits per heavy atom. The van der Waals surface area contributed by atoms with Crippen LogP contribution in [0.1, 0.15) is 32.6 Å². The van der Waals surface area contributed by atoms with Crippen LogP contribution in [0.2, 0.25) is 0 Å². The van der Waals surface area contributed by atoms with Crippen molar-refractivity contribution in [3.63, 3.8) is 0 Å². The first kappa shape index (κ1) is 11.9. The summed E-state index contributed by atoms with van der Waals surface area (Å²) in [6.07, 6.45) is 4.00. The van der Waals surface area contributed by atoms with E-state index in [9.17, 15) is 4.79 Å². The molecule has 16 heavy (non-hydrogen) atoms. The Balaban J connectivity index is 1.82. The largest absolute Gasteiger partial charge is 0.341 e. The molecule has 0 bridgehead atoms. The average molecular weight is 225 g/mol. The average Bonchev–Trinajstić information content (AvgIpc) is 2.78. The summed E-state index contributed by atoms with van der Waals surface area (Å²) in [5.41, 5.74) is 5.90. The number of carbonyl (C=O) groups is 1. The smallest absolute Gasteiger partial charge is 0.222 e. The Labute approximate surface area is 97.8 Å². The van der Waals surface area contributed by atoms with Crippen LogP contribution in [-0.2, 0) is 4.79 Å². The van der Waals surface area contributed by atoms with Gasteiger partial charge in [-0.25, -0.2) is 0 Å². The van der Waals surface area contributed by atoms with Crippen molar-refractivity contribution in [1.29, 1.82) is 0 Å². The molecule has 2 fully saturated rings. The third-order valence-electron chi connectivity index (χ3n) is 3.91. The molecule has 2 N–H and O–H groups in total. The van der Waals surface area contributed by atoms with Gasteiger partial charge in [-0.3, -0.25) is 9.69 Å². The second-order valence-electron chi connectivity index (χ2n) is 5.01. The molecule has 2 heterocycles. The van der Waals surface area contributed by atoms with Gasteiger partial charge in [-0.05, 0) is 32.4 Å². The molecule has 2 saturated heterocycles. The van der Waals surface area contributed by atoms with Crippen LogP contribution in [0.5, 0.6) is 0 Å². The highest BCUT2D eigenvalue weighted by atomic mass is 16.2. The van der Waals surface area contributed by atoms with Gasteiger partial charge in [-0.15, -0.1) is 0 Å². The molecule has 0 aromatic heterocycles. The number of rotatable bonds is 2. The van der Waals surface area contributed by atoms with Gasteiger partial charge < -0.3 is 10.6 Å². The fourth-order valence-corrected chi connectivity index (χ4v) is 2.77. The molecule has 0 spiro atoms. The maximum Gasteiger partial charge on any atom is 0.222 e. The Kier molecular flexibility index (Phi) is 3.82. The minimum Gasteiger partial charge on any atom is -0.341 e. The lowest BCUT2D eigenvalue weighted by Crippen LogP contribution is -2.46. The second kappa shape index (κ2) is 5.15. The van der Waals surface area contributed by atoms with E-state index in [1.165, 1.54) is 0 Å². The summed E-state index contributed by atoms with van der Waals surface area (Å²) in [6, 6.07) is 0.981. The van der Waals surface area contributed by atoms with Crippen molar-refractivity contribution in [3.05, 3.63) is 0 Å². The van der Waals surface area contributed by atoms with Crippen molar-refractivity contribution in [2.45, 2.75) is 44.7 Å². The lowest BCUT2D eigenvalue weighted by molar-refractivity contribution is -0.130. The summed E-state index contributed by atoms with van der Waals surface area (Å²) in [5, 5.41) is 0. The minimum atomic E-state index is 0.302. The van der Waals surface area contributed by atoms with Crippen molar-refractivity contribution in [3.8, 4) is 0 Å². The number of nitrogens with two attached hydrogens (primary N) is 1. The number of hydrogen-bond acceptors (Lipinski definition) is 3. The Morgan fingerprint density at radius 1 is 1.25 bits per heavy atom. The second-order valence-corrected chi connectivity index (χ2v) is 5.01. The van der Waals surface area contributed by atoms with Crippen molar-refractivity contribution in [1.82, 2.24) is 9.80 Å². The van der Waals surface area contributed by atoms with E-state index in [-0.39, 0.29) is 0 Å². The van der Waals surface area contributed by atoms with Crippen molar-refractivity contribution < 1.29 is 4.79 Å². The van der Waals surface area contributed by atoms with E-state index in [1.807, 2.05) is 11.8 Å². The van der Waals surface area contributed by atoms with Crippen molar-refractivity contribution in [2.24, 2.45) is 5.73 Å². The Bertz CT molecular complexity index is 249. The molecule has 0 aromatic carbocycles. The van der Waals surface area contributed by atoms with Crippen molar-refractivity contribution >= 4 is 5.91 Å². The van der Waals surface area contributed by atoms with Crippen LogP contribution in [-0.4, -0.2) is 54.0 Å². The summed E-state index contributed by atoms with van der Waals surface area (Å²) >= 11 is 0. The molecule has 0 aromatic rings. The molecule has 0 radical (unpaired) electrons. The molecular weight excluding hydrogens is 202 g/mol. The highest BCUT2D eigenvalue weighted by molar-refractivity contribution is 5.76. The number of amides is 1. The molecule has 4 heteroatoms. The molecule has 1 unspecified atom stereocenters. The fraction of sp³-hybridized carbons (Fsp3) is 0.917. The molecule has 0 saturated carbocycles. The summed E-state index contributed by atoms with van der Waals surface area (Å²) < 4.78 is 0. The molecule has 1 atom stereocenters. The van der Waals surface area contributed by atoms with Crippen LogP contribution >= 0.6 is 0 Å². The van der Waals surface area contributed by atoms with E-state index in [0.29, 0.717) is 24.4 Å². The predicted octanol–water partition coefficient (Wildman–Crippen LogP) is 0.420. The number of likely N-dealkylation sites (tertiary alicyclic amines) is 2. The SMILES string of the molecule is CCC(=O)N1CCC(N2CCC(N)CC2)C1. The highest BCUT2D eigenvalue weighted by Crippen LogP contribution is 2.20. The van der Waals surface area contributed by atoms with Gasteiger partial charge in [0.05, 0.1) is 0 Å². The molecule has 2 aliphatic heterocycles. The number of nitrogens with zero attached hydrogens (tertiary/aromatic N) is 2. The molecule has 4 nitrogen and oxygen atoms in total. The summed E-state index contributed by atoms with van der Waals surface area (Å²) in [4.78, 5) is 16.1. The third-order valence-corrected chi connectivity index (χ3v) is 3.91. The monoisotopic (exact) mass is 225 g/mol. The zero-order valence-electron chi connectivity index (χ0n) is 10.2. The standard InChI is InChI=1S/C12H23N3O/c1-2-12(16)15-8-5-11(9-15)14-6-3-10(13)4-7-14/h10-11H,2-9,13H2,1H3. The van der Waals surface area contributed by atoms with Gasteiger partial charge in [0.2, 0.25) is 5.91 Å². The van der Waals surface area contributed by atoms with Crippen molar-refractivity contribution in [2.75, 3.05) is 26.2 Å². The van der Waals surface area contributed by atoms with Crippen LogP contribution in [0.4, 0.5) is 0 Å². The van der Waals surface area contributed by atoms with E-state index < -0.39 is 0 Å². The minimum absolute atomic E-state index is 0.302. The molecule has 2 rings (SSSR count). The molecule has 92 valence electrons. The Hall–Kier alpha value is -0.610. The first-order valence-electron chi connectivity index (χ1n) is 6.48. The Morgan fingerprint density at radius 2 is 1.94 bits per heavy atom. The quantitative estimate of drug-likeness (QED) is 0.741. The zero-order chi connectivity index (χ0) is 11.5. The van der Waals surface area contributed by atoms with Gasteiger partial charge in [0.15, 0.2) is 0 Å². The van der Waals surface area contributed by atoms with Crippen LogP contribution in [0.3, 0.4) is 0 Å². The van der Waals surface area contributed by atoms with E-state index in [4.69, 9.17) is 5.73 Å². The maximum atomic E-state index is 11.6. The van der Waals surface area contributed by atoms with E-state index in [2.05, 4.69) is 4.90 Å². The summed E-state index contributed by atoms with van der Waals surface area (Å²) in [5.74, 6) is 0.302. The first-order chi connectivity index (χ1) is 7.70. The molecule has 2 aliphatic rings. The number of carbonyl (C=O) groups excluding carboxylic acids is 1. The van der Waals surface area contributed by atoms with Gasteiger partial charge in [0.1, 0.15) is 0 Å². The van der Waals surface area contributed by atoms with Gasteiger partial charge >= 0.3 is 0 Å². The molecule has 1 amide bonds. The van der Waals surface area contributed by atoms with E-state index in [1.54, 1.807) is 0 Å². The third kappa shape index (κ3) is 2.55. The van der Waals surface area contributed by atoms with Gasteiger partial charge in [0.25, 0.3) is 0 Å². The van der Waals surface area contributed by atoms with E-state index >= 15 is 0 Å². The lowest BCUT2D eigenvalue weighted by atomic mass is 10.0. The maximum absolute atomic E-state index is 11.6. The van der Waals surface area contributed by atoms with Crippen LogP contribution in [0.25, 0.3) is 0 Å². The first-order valence-corrected chi connectivity index (χ1v) is 6.48. The topological polar surface area (TPSA) is 49.6 Å². The molecular formula is C12H23N3O. The summed E-state index contributed by atoms with van der Waals surface area (Å²) in [6.45, 7) is 6.04. The van der Waals surface area contributed by atoms with Gasteiger partial charge in [-0.1, -0.05) is 6.92 Å². The lowest BCUT2D eigenvalue weighted by Gasteiger charge is -2.34. The molecule has 0 aliphatic carbocycles. The normalized spacial score (nSPS) is 28.6. The van der Waals surface area contributed by atoms with Crippen LogP contribution < -0.4 is 5.73 Å². The zero-order valence-corrected chi connectivity index (χ0v) is 10.2. The summed E-state index contributed by atoms with van der Waals surface area (Å²) in [7, 11) is 0.